The molecule has 0 heterocycles. The minimum absolute atomic E-state index is 0.172. The summed E-state index contributed by atoms with van der Waals surface area (Å²) >= 11 is 3.33. The number of hydrogen-bond acceptors (Lipinski definition) is 3. The van der Waals surface area contributed by atoms with E-state index in [4.69, 9.17) is 9.88 Å². The number of benzene rings is 2. The van der Waals surface area contributed by atoms with Gasteiger partial charge < -0.3 is 4.74 Å². The molecular formula is C14H13BrFNO3S. The summed E-state index contributed by atoms with van der Waals surface area (Å²) in [6.07, 6.45) is 0.239. The van der Waals surface area contributed by atoms with Crippen molar-refractivity contribution >= 4 is 26.0 Å². The summed E-state index contributed by atoms with van der Waals surface area (Å²) in [7, 11) is -3.54. The fraction of sp³-hybridized carbons (Fsp3) is 0.143. The Kier molecular flexibility index (Phi) is 4.97. The topological polar surface area (TPSA) is 69.4 Å². The van der Waals surface area contributed by atoms with Crippen molar-refractivity contribution in [3.63, 3.8) is 0 Å². The maximum atomic E-state index is 12.9. The van der Waals surface area contributed by atoms with Crippen LogP contribution in [0, 0.1) is 5.82 Å². The van der Waals surface area contributed by atoms with Crippen molar-refractivity contribution in [3.05, 3.63) is 58.3 Å². The highest BCUT2D eigenvalue weighted by atomic mass is 79.9. The molecule has 112 valence electrons. The van der Waals surface area contributed by atoms with Gasteiger partial charge in [0.1, 0.15) is 17.3 Å². The minimum atomic E-state index is -3.54. The lowest BCUT2D eigenvalue weighted by Crippen LogP contribution is -2.18. The van der Waals surface area contributed by atoms with Crippen LogP contribution in [0.1, 0.15) is 5.56 Å². The van der Waals surface area contributed by atoms with Crippen LogP contribution in [0.25, 0.3) is 0 Å². The Balaban J connectivity index is 2.24. The maximum absolute atomic E-state index is 12.9. The van der Waals surface area contributed by atoms with E-state index >= 15 is 0 Å². The van der Waals surface area contributed by atoms with E-state index in [1.54, 1.807) is 18.2 Å². The zero-order valence-electron chi connectivity index (χ0n) is 10.9. The van der Waals surface area contributed by atoms with Gasteiger partial charge in [-0.1, -0.05) is 22.0 Å². The summed E-state index contributed by atoms with van der Waals surface area (Å²) in [6.45, 7) is 0. The van der Waals surface area contributed by atoms with E-state index in [9.17, 15) is 12.8 Å². The average Bonchev–Trinajstić information content (AvgIpc) is 2.39. The first-order chi connectivity index (χ1) is 9.83. The normalized spacial score (nSPS) is 11.4. The third-order valence-corrected chi connectivity index (χ3v) is 3.99. The highest BCUT2D eigenvalue weighted by Gasteiger charge is 2.10. The van der Waals surface area contributed by atoms with Crippen molar-refractivity contribution in [3.8, 4) is 11.5 Å². The molecule has 0 atom stereocenters. The monoisotopic (exact) mass is 373 g/mol. The molecule has 0 amide bonds. The number of hydrogen-bond donors (Lipinski definition) is 1. The second-order valence-corrected chi connectivity index (χ2v) is 7.07. The molecule has 0 saturated heterocycles. The largest absolute Gasteiger partial charge is 0.457 e. The van der Waals surface area contributed by atoms with E-state index in [-0.39, 0.29) is 18.0 Å². The van der Waals surface area contributed by atoms with Crippen LogP contribution in [0.15, 0.2) is 46.9 Å². The smallest absolute Gasteiger partial charge is 0.209 e. The molecule has 7 heteroatoms. The van der Waals surface area contributed by atoms with Gasteiger partial charge in [0.05, 0.1) is 5.75 Å². The van der Waals surface area contributed by atoms with Crippen molar-refractivity contribution < 1.29 is 17.5 Å². The number of rotatable bonds is 5. The Morgan fingerprint density at radius 3 is 2.43 bits per heavy atom. The number of ether oxygens (including phenoxy) is 1. The summed E-state index contributed by atoms with van der Waals surface area (Å²) in [5, 5.41) is 5.01. The molecule has 21 heavy (non-hydrogen) atoms. The van der Waals surface area contributed by atoms with Gasteiger partial charge in [0, 0.05) is 4.47 Å². The van der Waals surface area contributed by atoms with Gasteiger partial charge in [-0.25, -0.2) is 17.9 Å². The SMILES string of the molecule is NS(=O)(=O)CCc1ccc(Br)cc1Oc1ccc(F)cc1. The quantitative estimate of drug-likeness (QED) is 0.874. The van der Waals surface area contributed by atoms with Gasteiger partial charge in [0.2, 0.25) is 10.0 Å². The molecule has 4 nitrogen and oxygen atoms in total. The van der Waals surface area contributed by atoms with Crippen LogP contribution in [0.4, 0.5) is 4.39 Å². The van der Waals surface area contributed by atoms with Gasteiger partial charge in [-0.3, -0.25) is 0 Å². The maximum Gasteiger partial charge on any atom is 0.209 e. The standard InChI is InChI=1S/C14H13BrFNO3S/c15-11-2-1-10(7-8-21(17,18)19)14(9-11)20-13-5-3-12(16)4-6-13/h1-6,9H,7-8H2,(H2,17,18,19). The number of aryl methyl sites for hydroxylation is 1. The molecule has 0 aromatic heterocycles. The lowest BCUT2D eigenvalue weighted by molar-refractivity contribution is 0.474. The number of sulfonamides is 1. The molecule has 2 N–H and O–H groups in total. The van der Waals surface area contributed by atoms with Crippen LogP contribution in [0.5, 0.6) is 11.5 Å². The van der Waals surface area contributed by atoms with Gasteiger partial charge in [0.15, 0.2) is 0 Å². The molecule has 0 unspecified atom stereocenters. The molecule has 2 aromatic rings. The Labute approximate surface area is 130 Å². The van der Waals surface area contributed by atoms with Crippen molar-refractivity contribution in [1.29, 1.82) is 0 Å². The Morgan fingerprint density at radius 2 is 1.81 bits per heavy atom. The number of halogens is 2. The average molecular weight is 374 g/mol. The predicted molar refractivity (Wildman–Crippen MR) is 82.3 cm³/mol. The molecule has 0 aliphatic rings. The van der Waals surface area contributed by atoms with Crippen LogP contribution in [0.3, 0.4) is 0 Å². The zero-order valence-corrected chi connectivity index (χ0v) is 13.3. The van der Waals surface area contributed by atoms with Crippen LogP contribution < -0.4 is 9.88 Å². The fourth-order valence-electron chi connectivity index (χ4n) is 1.71. The molecule has 2 aromatic carbocycles. The molecule has 0 saturated carbocycles. The first-order valence-electron chi connectivity index (χ1n) is 6.06. The molecule has 0 fully saturated rings. The summed E-state index contributed by atoms with van der Waals surface area (Å²) in [4.78, 5) is 0. The Morgan fingerprint density at radius 1 is 1.14 bits per heavy atom. The van der Waals surface area contributed by atoms with Crippen molar-refractivity contribution in [1.82, 2.24) is 0 Å². The van der Waals surface area contributed by atoms with Gasteiger partial charge in [-0.05, 0) is 48.4 Å². The molecule has 0 spiro atoms. The fourth-order valence-corrected chi connectivity index (χ4v) is 2.56. The molecule has 0 radical (unpaired) electrons. The summed E-state index contributed by atoms with van der Waals surface area (Å²) in [5.74, 6) is 0.436. The van der Waals surface area contributed by atoms with E-state index in [2.05, 4.69) is 15.9 Å². The first-order valence-corrected chi connectivity index (χ1v) is 8.57. The zero-order chi connectivity index (χ0) is 15.5. The highest BCUT2D eigenvalue weighted by molar-refractivity contribution is 9.10. The van der Waals surface area contributed by atoms with Crippen LogP contribution >= 0.6 is 15.9 Å². The van der Waals surface area contributed by atoms with Crippen LogP contribution in [-0.2, 0) is 16.4 Å². The third kappa shape index (κ3) is 5.11. The van der Waals surface area contributed by atoms with Crippen LogP contribution in [0.2, 0.25) is 0 Å². The third-order valence-electron chi connectivity index (χ3n) is 2.73. The van der Waals surface area contributed by atoms with E-state index in [0.29, 0.717) is 17.1 Å². The van der Waals surface area contributed by atoms with E-state index < -0.39 is 10.0 Å². The molecule has 0 aliphatic heterocycles. The van der Waals surface area contributed by atoms with E-state index in [0.717, 1.165) is 4.47 Å². The highest BCUT2D eigenvalue weighted by Crippen LogP contribution is 2.29. The van der Waals surface area contributed by atoms with E-state index in [1.165, 1.54) is 24.3 Å². The predicted octanol–water partition coefficient (Wildman–Crippen LogP) is 3.21. The Hall–Kier alpha value is -1.44. The van der Waals surface area contributed by atoms with Crippen molar-refractivity contribution in [2.45, 2.75) is 6.42 Å². The summed E-state index contributed by atoms with van der Waals surface area (Å²) in [5.41, 5.74) is 0.705. The van der Waals surface area contributed by atoms with Gasteiger partial charge in [0.25, 0.3) is 0 Å². The second kappa shape index (κ2) is 6.55. The molecular weight excluding hydrogens is 361 g/mol. The molecule has 0 aliphatic carbocycles. The first kappa shape index (κ1) is 15.9. The van der Waals surface area contributed by atoms with Crippen LogP contribution in [-0.4, -0.2) is 14.2 Å². The summed E-state index contributed by atoms with van der Waals surface area (Å²) in [6, 6.07) is 10.8. The van der Waals surface area contributed by atoms with Crippen molar-refractivity contribution in [2.75, 3.05) is 5.75 Å². The summed E-state index contributed by atoms with van der Waals surface area (Å²) < 4.78 is 41.5. The number of nitrogens with two attached hydrogens (primary N) is 1. The van der Waals surface area contributed by atoms with Crippen molar-refractivity contribution in [2.24, 2.45) is 5.14 Å². The second-order valence-electron chi connectivity index (χ2n) is 4.43. The molecule has 0 bridgehead atoms. The Bertz CT molecular complexity index is 732. The van der Waals surface area contributed by atoms with Gasteiger partial charge in [-0.2, -0.15) is 0 Å². The van der Waals surface area contributed by atoms with Gasteiger partial charge in [-0.15, -0.1) is 0 Å². The minimum Gasteiger partial charge on any atom is -0.457 e. The lowest BCUT2D eigenvalue weighted by atomic mass is 10.1. The lowest BCUT2D eigenvalue weighted by Gasteiger charge is -2.11. The number of primary sulfonamides is 1. The van der Waals surface area contributed by atoms with E-state index in [1.807, 2.05) is 0 Å². The molecule has 2 rings (SSSR count). The van der Waals surface area contributed by atoms with Gasteiger partial charge >= 0.3 is 0 Å².